The maximum Gasteiger partial charge on any atom is 0.0584 e. The van der Waals surface area contributed by atoms with E-state index in [9.17, 15) is 0 Å². The highest BCUT2D eigenvalue weighted by molar-refractivity contribution is 4.72. The number of hydrogen-bond donors (Lipinski definition) is 2. The first-order valence-electron chi connectivity index (χ1n) is 3.90. The zero-order valence-corrected chi connectivity index (χ0v) is 6.51. The molecule has 0 amide bonds. The summed E-state index contributed by atoms with van der Waals surface area (Å²) in [5.74, 6) is 0. The number of hydrogen-bond acceptors (Lipinski definition) is 3. The molecule has 1 aliphatic rings. The summed E-state index contributed by atoms with van der Waals surface area (Å²) in [6.45, 7) is 6.60. The molecule has 1 unspecified atom stereocenters. The van der Waals surface area contributed by atoms with Gasteiger partial charge in [-0.25, -0.2) is 0 Å². The summed E-state index contributed by atoms with van der Waals surface area (Å²) in [5, 5.41) is 12.1. The Morgan fingerprint density at radius 1 is 1.50 bits per heavy atom. The topological polar surface area (TPSA) is 35.5 Å². The lowest BCUT2D eigenvalue weighted by atomic mass is 10.2. The molecule has 0 aliphatic carbocycles. The minimum atomic E-state index is 0.278. The third kappa shape index (κ3) is 1.94. The van der Waals surface area contributed by atoms with Crippen molar-refractivity contribution in [3.8, 4) is 0 Å². The fourth-order valence-electron chi connectivity index (χ4n) is 1.24. The van der Waals surface area contributed by atoms with Crippen LogP contribution in [0.1, 0.15) is 6.92 Å². The molecule has 1 fully saturated rings. The molecule has 1 rings (SSSR count). The Labute approximate surface area is 62.0 Å². The Bertz CT molecular complexity index is 91.6. The number of nitrogens with one attached hydrogen (secondary N) is 1. The van der Waals surface area contributed by atoms with Crippen LogP contribution < -0.4 is 5.32 Å². The van der Waals surface area contributed by atoms with Crippen LogP contribution in [-0.2, 0) is 0 Å². The van der Waals surface area contributed by atoms with Crippen molar-refractivity contribution >= 4 is 0 Å². The van der Waals surface area contributed by atoms with Gasteiger partial charge in [-0.1, -0.05) is 0 Å². The van der Waals surface area contributed by atoms with E-state index < -0.39 is 0 Å². The quantitative estimate of drug-likeness (QED) is 0.536. The summed E-state index contributed by atoms with van der Waals surface area (Å²) >= 11 is 0. The highest BCUT2D eigenvalue weighted by Crippen LogP contribution is 1.98. The van der Waals surface area contributed by atoms with Gasteiger partial charge in [-0.2, -0.15) is 0 Å². The van der Waals surface area contributed by atoms with E-state index in [1.165, 1.54) is 0 Å². The Balaban J connectivity index is 2.24. The Morgan fingerprint density at radius 2 is 2.10 bits per heavy atom. The Kier molecular flexibility index (Phi) is 3.12. The molecule has 1 aliphatic heterocycles. The number of aliphatic hydroxyl groups is 1. The van der Waals surface area contributed by atoms with E-state index in [-0.39, 0.29) is 6.61 Å². The lowest BCUT2D eigenvalue weighted by Crippen LogP contribution is -2.48. The predicted molar refractivity (Wildman–Crippen MR) is 41.0 cm³/mol. The van der Waals surface area contributed by atoms with Crippen LogP contribution in [-0.4, -0.2) is 48.8 Å². The van der Waals surface area contributed by atoms with Crippen LogP contribution in [0.2, 0.25) is 0 Å². The van der Waals surface area contributed by atoms with Gasteiger partial charge < -0.3 is 10.4 Å². The molecule has 3 heteroatoms. The van der Waals surface area contributed by atoms with Gasteiger partial charge in [0.25, 0.3) is 0 Å². The first kappa shape index (κ1) is 7.98. The zero-order valence-electron chi connectivity index (χ0n) is 6.51. The highest BCUT2D eigenvalue weighted by Gasteiger charge is 2.14. The summed E-state index contributed by atoms with van der Waals surface area (Å²) in [4.78, 5) is 2.30. The fraction of sp³-hybridized carbons (Fsp3) is 1.00. The third-order valence-corrected chi connectivity index (χ3v) is 2.04. The summed E-state index contributed by atoms with van der Waals surface area (Å²) in [6.07, 6.45) is 0. The first-order valence-corrected chi connectivity index (χ1v) is 3.90. The Morgan fingerprint density at radius 3 is 2.60 bits per heavy atom. The Hall–Kier alpha value is -0.120. The monoisotopic (exact) mass is 144 g/mol. The number of nitrogens with zero attached hydrogens (tertiary/aromatic N) is 1. The molecule has 1 heterocycles. The molecule has 0 aromatic rings. The van der Waals surface area contributed by atoms with Crippen LogP contribution in [0.3, 0.4) is 0 Å². The molecule has 1 saturated heterocycles. The van der Waals surface area contributed by atoms with Crippen LogP contribution in [0.5, 0.6) is 0 Å². The van der Waals surface area contributed by atoms with Gasteiger partial charge in [0, 0.05) is 32.2 Å². The minimum absolute atomic E-state index is 0.278. The molecule has 0 spiro atoms. The van der Waals surface area contributed by atoms with Gasteiger partial charge in [0.1, 0.15) is 0 Å². The summed E-state index contributed by atoms with van der Waals surface area (Å²) in [5.41, 5.74) is 0. The van der Waals surface area contributed by atoms with Crippen molar-refractivity contribution in [3.05, 3.63) is 0 Å². The lowest BCUT2D eigenvalue weighted by molar-refractivity contribution is 0.122. The standard InChI is InChI=1S/C7H16N2O/c1-7(6-10)9-4-2-8-3-5-9/h7-8,10H,2-6H2,1H3. The van der Waals surface area contributed by atoms with E-state index in [0.29, 0.717) is 6.04 Å². The second-order valence-electron chi connectivity index (χ2n) is 2.82. The van der Waals surface area contributed by atoms with Gasteiger partial charge in [-0.15, -0.1) is 0 Å². The van der Waals surface area contributed by atoms with Crippen molar-refractivity contribution in [1.29, 1.82) is 0 Å². The number of aliphatic hydroxyl groups excluding tert-OH is 1. The molecule has 0 aromatic carbocycles. The van der Waals surface area contributed by atoms with Crippen molar-refractivity contribution < 1.29 is 5.11 Å². The average molecular weight is 144 g/mol. The van der Waals surface area contributed by atoms with Crippen molar-refractivity contribution in [3.63, 3.8) is 0 Å². The molecule has 3 nitrogen and oxygen atoms in total. The number of piperazine rings is 1. The average Bonchev–Trinajstić information content (AvgIpc) is 2.05. The van der Waals surface area contributed by atoms with E-state index >= 15 is 0 Å². The summed E-state index contributed by atoms with van der Waals surface area (Å²) < 4.78 is 0. The summed E-state index contributed by atoms with van der Waals surface area (Å²) in [7, 11) is 0. The molecule has 2 N–H and O–H groups in total. The first-order chi connectivity index (χ1) is 4.84. The molecule has 0 saturated carbocycles. The predicted octanol–water partition coefficient (Wildman–Crippen LogP) is -0.728. The highest BCUT2D eigenvalue weighted by atomic mass is 16.3. The van der Waals surface area contributed by atoms with Crippen LogP contribution in [0.15, 0.2) is 0 Å². The van der Waals surface area contributed by atoms with Gasteiger partial charge in [-0.05, 0) is 6.92 Å². The van der Waals surface area contributed by atoms with E-state index in [2.05, 4.69) is 17.1 Å². The van der Waals surface area contributed by atoms with Gasteiger partial charge in [0.15, 0.2) is 0 Å². The van der Waals surface area contributed by atoms with Gasteiger partial charge in [0.05, 0.1) is 6.61 Å². The van der Waals surface area contributed by atoms with Crippen LogP contribution in [0.25, 0.3) is 0 Å². The van der Waals surface area contributed by atoms with Gasteiger partial charge in [-0.3, -0.25) is 4.90 Å². The molecule has 0 bridgehead atoms. The van der Waals surface area contributed by atoms with E-state index in [0.717, 1.165) is 26.2 Å². The van der Waals surface area contributed by atoms with Crippen molar-refractivity contribution in [2.45, 2.75) is 13.0 Å². The van der Waals surface area contributed by atoms with Crippen LogP contribution in [0, 0.1) is 0 Å². The molecule has 0 radical (unpaired) electrons. The third-order valence-electron chi connectivity index (χ3n) is 2.04. The lowest BCUT2D eigenvalue weighted by Gasteiger charge is -2.31. The van der Waals surface area contributed by atoms with E-state index in [4.69, 9.17) is 5.11 Å². The smallest absolute Gasteiger partial charge is 0.0584 e. The zero-order chi connectivity index (χ0) is 7.40. The second kappa shape index (κ2) is 3.91. The van der Waals surface area contributed by atoms with Crippen LogP contribution in [0.4, 0.5) is 0 Å². The molecule has 10 heavy (non-hydrogen) atoms. The van der Waals surface area contributed by atoms with Gasteiger partial charge >= 0.3 is 0 Å². The SMILES string of the molecule is CC(CO)N1CCNCC1. The second-order valence-corrected chi connectivity index (χ2v) is 2.82. The van der Waals surface area contributed by atoms with Crippen molar-refractivity contribution in [2.75, 3.05) is 32.8 Å². The largest absolute Gasteiger partial charge is 0.395 e. The molecule has 60 valence electrons. The van der Waals surface area contributed by atoms with E-state index in [1.807, 2.05) is 0 Å². The maximum absolute atomic E-state index is 8.82. The maximum atomic E-state index is 8.82. The molecular formula is C7H16N2O. The fourth-order valence-corrected chi connectivity index (χ4v) is 1.24. The minimum Gasteiger partial charge on any atom is -0.395 e. The van der Waals surface area contributed by atoms with Gasteiger partial charge in [0.2, 0.25) is 0 Å². The van der Waals surface area contributed by atoms with Crippen molar-refractivity contribution in [1.82, 2.24) is 10.2 Å². The number of rotatable bonds is 2. The molecule has 1 atom stereocenters. The molecule has 0 aromatic heterocycles. The normalized spacial score (nSPS) is 24.6. The van der Waals surface area contributed by atoms with Crippen molar-refractivity contribution in [2.24, 2.45) is 0 Å². The van der Waals surface area contributed by atoms with Crippen LogP contribution >= 0.6 is 0 Å². The molecular weight excluding hydrogens is 128 g/mol. The summed E-state index contributed by atoms with van der Waals surface area (Å²) in [6, 6.07) is 0.335. The van der Waals surface area contributed by atoms with E-state index in [1.54, 1.807) is 0 Å².